The first-order valence-corrected chi connectivity index (χ1v) is 11.2. The van der Waals surface area contributed by atoms with Gasteiger partial charge in [0.1, 0.15) is 18.6 Å². The standard InChI is InChI=1S/C25H26F2N2O6/c1-14(34-2)21(22(30)29-11-20(23(31)32)25(26,27)13-29)28-24(33)35-12-19-17-9-5-3-7-15(17)16-8-4-6-10-18(16)19/h3-10,14,19-21H,11-13H2,1-2H3,(H,28,33)(H,31,32)/t14-,20?,21+/m1/s1. The normalized spacial score (nSPS) is 20.0. The fourth-order valence-electron chi connectivity index (χ4n) is 4.69. The number of carbonyl (C=O) groups excluding carboxylic acids is 2. The van der Waals surface area contributed by atoms with Crippen LogP contribution in [0.4, 0.5) is 13.6 Å². The van der Waals surface area contributed by atoms with Crippen molar-refractivity contribution in [2.24, 2.45) is 5.92 Å². The Labute approximate surface area is 200 Å². The molecular weight excluding hydrogens is 462 g/mol. The summed E-state index contributed by atoms with van der Waals surface area (Å²) in [6, 6.07) is 14.3. The van der Waals surface area contributed by atoms with Gasteiger partial charge in [-0.1, -0.05) is 48.5 Å². The first kappa shape index (κ1) is 24.6. The van der Waals surface area contributed by atoms with Crippen molar-refractivity contribution in [1.82, 2.24) is 10.2 Å². The van der Waals surface area contributed by atoms with E-state index in [1.54, 1.807) is 0 Å². The molecule has 1 fully saturated rings. The number of carboxylic acids is 1. The van der Waals surface area contributed by atoms with Gasteiger partial charge in [0.2, 0.25) is 5.91 Å². The van der Waals surface area contributed by atoms with Gasteiger partial charge >= 0.3 is 12.1 Å². The molecule has 2 N–H and O–H groups in total. The van der Waals surface area contributed by atoms with Crippen LogP contribution in [0.25, 0.3) is 11.1 Å². The SMILES string of the molecule is CO[C@H](C)[C@H](NC(=O)OCC1c2ccccc2-c2ccccc21)C(=O)N1CC(C(=O)O)C(F)(F)C1. The summed E-state index contributed by atoms with van der Waals surface area (Å²) in [6.07, 6.45) is -1.78. The highest BCUT2D eigenvalue weighted by Crippen LogP contribution is 2.44. The molecule has 0 spiro atoms. The molecule has 0 saturated carbocycles. The molecule has 2 aliphatic rings. The lowest BCUT2D eigenvalue weighted by molar-refractivity contribution is -0.151. The molecule has 1 aliphatic carbocycles. The molecule has 186 valence electrons. The van der Waals surface area contributed by atoms with E-state index in [2.05, 4.69) is 5.32 Å². The van der Waals surface area contributed by atoms with E-state index < -0.39 is 55.0 Å². The van der Waals surface area contributed by atoms with Crippen LogP contribution in [0.5, 0.6) is 0 Å². The Morgan fingerprint density at radius 3 is 2.20 bits per heavy atom. The van der Waals surface area contributed by atoms with Gasteiger partial charge in [-0.25, -0.2) is 13.6 Å². The molecule has 1 heterocycles. The van der Waals surface area contributed by atoms with Gasteiger partial charge in [0, 0.05) is 19.6 Å². The van der Waals surface area contributed by atoms with Crippen molar-refractivity contribution < 1.29 is 37.7 Å². The van der Waals surface area contributed by atoms with Crippen LogP contribution in [0.2, 0.25) is 0 Å². The number of ether oxygens (including phenoxy) is 2. The van der Waals surface area contributed by atoms with E-state index in [4.69, 9.17) is 14.6 Å². The maximum absolute atomic E-state index is 14.1. The smallest absolute Gasteiger partial charge is 0.407 e. The van der Waals surface area contributed by atoms with Crippen LogP contribution >= 0.6 is 0 Å². The van der Waals surface area contributed by atoms with Gasteiger partial charge in [0.25, 0.3) is 5.92 Å². The van der Waals surface area contributed by atoms with E-state index in [1.165, 1.54) is 14.0 Å². The number of carbonyl (C=O) groups is 3. The van der Waals surface area contributed by atoms with E-state index in [1.807, 2.05) is 48.5 Å². The number of amides is 2. The molecule has 8 nitrogen and oxygen atoms in total. The molecule has 0 aromatic heterocycles. The highest BCUT2D eigenvalue weighted by atomic mass is 19.3. The van der Waals surface area contributed by atoms with Gasteiger partial charge in [0.05, 0.1) is 12.6 Å². The maximum atomic E-state index is 14.1. The molecule has 35 heavy (non-hydrogen) atoms. The summed E-state index contributed by atoms with van der Waals surface area (Å²) in [5.41, 5.74) is 4.14. The maximum Gasteiger partial charge on any atom is 0.407 e. The molecule has 1 aliphatic heterocycles. The molecule has 0 radical (unpaired) electrons. The van der Waals surface area contributed by atoms with Crippen molar-refractivity contribution in [3.8, 4) is 11.1 Å². The van der Waals surface area contributed by atoms with E-state index in [9.17, 15) is 23.2 Å². The summed E-state index contributed by atoms with van der Waals surface area (Å²) in [5.74, 6) is -8.34. The van der Waals surface area contributed by atoms with Crippen LogP contribution in [-0.4, -0.2) is 72.9 Å². The summed E-state index contributed by atoms with van der Waals surface area (Å²) in [7, 11) is 1.31. The fourth-order valence-corrected chi connectivity index (χ4v) is 4.69. The number of methoxy groups -OCH3 is 1. The summed E-state index contributed by atoms with van der Waals surface area (Å²) >= 11 is 0. The van der Waals surface area contributed by atoms with Crippen LogP contribution in [0.1, 0.15) is 24.0 Å². The minimum Gasteiger partial charge on any atom is -0.481 e. The number of alkyl halides is 2. The van der Waals surface area contributed by atoms with Crippen LogP contribution in [-0.2, 0) is 19.1 Å². The van der Waals surface area contributed by atoms with Crippen LogP contribution in [0.15, 0.2) is 48.5 Å². The third-order valence-corrected chi connectivity index (χ3v) is 6.65. The average Bonchev–Trinajstić information content (AvgIpc) is 3.34. The molecular formula is C25H26F2N2O6. The number of hydrogen-bond acceptors (Lipinski definition) is 5. The van der Waals surface area contributed by atoms with Crippen molar-refractivity contribution in [1.29, 1.82) is 0 Å². The third kappa shape index (κ3) is 4.70. The van der Waals surface area contributed by atoms with Crippen LogP contribution in [0.3, 0.4) is 0 Å². The summed E-state index contributed by atoms with van der Waals surface area (Å²) in [4.78, 5) is 37.6. The Kier molecular flexibility index (Phi) is 6.75. The van der Waals surface area contributed by atoms with Crippen molar-refractivity contribution in [3.05, 3.63) is 59.7 Å². The Hall–Kier alpha value is -3.53. The predicted molar refractivity (Wildman–Crippen MR) is 121 cm³/mol. The molecule has 0 bridgehead atoms. The van der Waals surface area contributed by atoms with Crippen molar-refractivity contribution in [3.63, 3.8) is 0 Å². The van der Waals surface area contributed by atoms with Gasteiger partial charge in [-0.3, -0.25) is 9.59 Å². The lowest BCUT2D eigenvalue weighted by Crippen LogP contribution is -2.54. The monoisotopic (exact) mass is 488 g/mol. The number of alkyl carbamates (subject to hydrolysis) is 1. The highest BCUT2D eigenvalue weighted by molar-refractivity contribution is 5.87. The Morgan fingerprint density at radius 1 is 1.11 bits per heavy atom. The third-order valence-electron chi connectivity index (χ3n) is 6.65. The lowest BCUT2D eigenvalue weighted by Gasteiger charge is -2.27. The zero-order valence-electron chi connectivity index (χ0n) is 19.2. The Balaban J connectivity index is 1.45. The van der Waals surface area contributed by atoms with Gasteiger partial charge in [-0.05, 0) is 29.2 Å². The second-order valence-corrected chi connectivity index (χ2v) is 8.76. The predicted octanol–water partition coefficient (Wildman–Crippen LogP) is 3.11. The zero-order valence-corrected chi connectivity index (χ0v) is 19.2. The first-order chi connectivity index (χ1) is 16.6. The van der Waals surface area contributed by atoms with Crippen LogP contribution in [0, 0.1) is 5.92 Å². The number of nitrogens with one attached hydrogen (secondary N) is 1. The number of likely N-dealkylation sites (tertiary alicyclic amines) is 1. The lowest BCUT2D eigenvalue weighted by atomic mass is 9.98. The number of hydrogen-bond donors (Lipinski definition) is 2. The van der Waals surface area contributed by atoms with E-state index in [0.29, 0.717) is 0 Å². The van der Waals surface area contributed by atoms with Crippen LogP contribution < -0.4 is 5.32 Å². The second kappa shape index (κ2) is 9.61. The molecule has 2 aromatic carbocycles. The van der Waals surface area contributed by atoms with Crippen molar-refractivity contribution in [2.75, 3.05) is 26.8 Å². The molecule has 1 saturated heterocycles. The molecule has 10 heteroatoms. The topological polar surface area (TPSA) is 105 Å². The Bertz CT molecular complexity index is 1090. The minimum atomic E-state index is -3.58. The van der Waals surface area contributed by atoms with E-state index in [-0.39, 0.29) is 12.5 Å². The zero-order chi connectivity index (χ0) is 25.3. The second-order valence-electron chi connectivity index (χ2n) is 8.76. The molecule has 2 amide bonds. The minimum absolute atomic E-state index is 0.00497. The quantitative estimate of drug-likeness (QED) is 0.621. The number of halogens is 2. The molecule has 2 aromatic rings. The summed E-state index contributed by atoms with van der Waals surface area (Å²) in [5, 5.41) is 11.5. The fraction of sp³-hybridized carbons (Fsp3) is 0.400. The van der Waals surface area contributed by atoms with Gasteiger partial charge in [-0.2, -0.15) is 0 Å². The van der Waals surface area contributed by atoms with E-state index in [0.717, 1.165) is 27.2 Å². The first-order valence-electron chi connectivity index (χ1n) is 11.2. The number of carboxylic acid groups (broad SMARTS) is 1. The number of aliphatic carboxylic acids is 1. The Morgan fingerprint density at radius 2 is 1.69 bits per heavy atom. The van der Waals surface area contributed by atoms with Crippen molar-refractivity contribution >= 4 is 18.0 Å². The van der Waals surface area contributed by atoms with E-state index >= 15 is 0 Å². The van der Waals surface area contributed by atoms with Gasteiger partial charge < -0.3 is 24.8 Å². The molecule has 4 rings (SSSR count). The number of fused-ring (bicyclic) bond motifs is 3. The van der Waals surface area contributed by atoms with Gasteiger partial charge in [-0.15, -0.1) is 0 Å². The summed E-state index contributed by atoms with van der Waals surface area (Å²) < 4.78 is 38.8. The highest BCUT2D eigenvalue weighted by Gasteiger charge is 2.54. The largest absolute Gasteiger partial charge is 0.481 e. The summed E-state index contributed by atoms with van der Waals surface area (Å²) in [6.45, 7) is -0.219. The average molecular weight is 488 g/mol. The number of rotatable bonds is 7. The number of benzene rings is 2. The molecule has 3 atom stereocenters. The van der Waals surface area contributed by atoms with Crippen molar-refractivity contribution in [2.45, 2.75) is 30.9 Å². The van der Waals surface area contributed by atoms with Gasteiger partial charge in [0.15, 0.2) is 0 Å². The molecule has 1 unspecified atom stereocenters. The number of nitrogens with zero attached hydrogens (tertiary/aromatic N) is 1.